The van der Waals surface area contributed by atoms with E-state index < -0.39 is 80.6 Å². The van der Waals surface area contributed by atoms with Crippen LogP contribution >= 0.6 is 0 Å². The van der Waals surface area contributed by atoms with Crippen molar-refractivity contribution in [2.24, 2.45) is 0 Å². The largest absolute Gasteiger partial charge is 0.493 e. The lowest BCUT2D eigenvalue weighted by atomic mass is 9.98. The summed E-state index contributed by atoms with van der Waals surface area (Å²) >= 11 is 0. The van der Waals surface area contributed by atoms with Gasteiger partial charge in [-0.15, -0.1) is 0 Å². The highest BCUT2D eigenvalue weighted by Gasteiger charge is 2.39. The van der Waals surface area contributed by atoms with Crippen LogP contribution < -0.4 is 62.6 Å². The van der Waals surface area contributed by atoms with Crippen LogP contribution in [0.15, 0.2) is 185 Å². The first-order valence-corrected chi connectivity index (χ1v) is 43.1. The molecule has 3 saturated carbocycles. The van der Waals surface area contributed by atoms with Gasteiger partial charge in [-0.2, -0.15) is 0 Å². The second-order valence-corrected chi connectivity index (χ2v) is 34.6. The molecule has 4 N–H and O–H groups in total. The minimum atomic E-state index is -5.24. The molecule has 15 rings (SSSR count). The number of halogens is 7. The lowest BCUT2D eigenvalue weighted by Gasteiger charge is -2.20. The highest BCUT2D eigenvalue weighted by atomic mass is 32.2. The fraction of sp³-hybridized carbons (Fsp3) is 0.326. The maximum absolute atomic E-state index is 14.2. The summed E-state index contributed by atoms with van der Waals surface area (Å²) in [6, 6.07) is 44.1. The van der Waals surface area contributed by atoms with Crippen LogP contribution in [0, 0.1) is 40.7 Å². The average molecular weight is 1700 g/mol. The zero-order valence-corrected chi connectivity index (χ0v) is 67.6. The Morgan fingerprint density at radius 3 is 1.00 bits per heavy atom. The predicted molar refractivity (Wildman–Crippen MR) is 432 cm³/mol. The second-order valence-electron chi connectivity index (χ2n) is 29.6. The van der Waals surface area contributed by atoms with Crippen LogP contribution in [0.4, 0.5) is 70.5 Å². The highest BCUT2D eigenvalue weighted by molar-refractivity contribution is 7.93. The number of carbonyl (C=O) groups is 4. The van der Waals surface area contributed by atoms with Crippen LogP contribution in [0.1, 0.15) is 138 Å². The van der Waals surface area contributed by atoms with Crippen molar-refractivity contribution in [1.82, 2.24) is 0 Å². The van der Waals surface area contributed by atoms with Crippen molar-refractivity contribution in [2.45, 2.75) is 154 Å². The molecule has 9 aromatic carbocycles. The first-order chi connectivity index (χ1) is 57.0. The number of hydrogen-bond acceptors (Lipinski definition) is 16. The first-order valence-electron chi connectivity index (χ1n) is 38.6. The zero-order valence-electron chi connectivity index (χ0n) is 65.1. The Hall–Kier alpha value is -11.6. The SMILES string of the molecule is COc1ccc(C2CC(=O)N(c3cccc(NS(=O)(=O)c4c(F)c(F)c(F)c(F)c4F)c3)C2)cc1OC1CCCC1.COc1ccc(C2CC(=O)N(c3cccc(NS(=O)(=O)c4c(F)cccc4F)c3)C2)cc1OC1CCCC1.COc1ccc(C2CC(=O)N(c3cccc(NS(=O)(=O)c4ccc(NC(C)=O)cc4)c3)C2)cc1OC1CCCC1. The van der Waals surface area contributed by atoms with Gasteiger partial charge in [-0.05, 0) is 221 Å². The molecule has 628 valence electrons. The average Bonchev–Trinajstić information content (AvgIpc) is 1.61. The second kappa shape index (κ2) is 36.7. The molecule has 3 unspecified atom stereocenters. The van der Waals surface area contributed by atoms with Gasteiger partial charge in [0.15, 0.2) is 67.6 Å². The molecule has 3 saturated heterocycles. The third-order valence-electron chi connectivity index (χ3n) is 21.5. The zero-order chi connectivity index (χ0) is 84.6. The predicted octanol–water partition coefficient (Wildman–Crippen LogP) is 16.9. The Bertz CT molecular complexity index is 5610. The van der Waals surface area contributed by atoms with Gasteiger partial charge in [0, 0.05) is 86.3 Å². The summed E-state index contributed by atoms with van der Waals surface area (Å²) in [7, 11) is -8.89. The molecule has 3 atom stereocenters. The van der Waals surface area contributed by atoms with E-state index in [0.29, 0.717) is 76.8 Å². The van der Waals surface area contributed by atoms with Crippen LogP contribution in [0.5, 0.6) is 34.5 Å². The van der Waals surface area contributed by atoms with Gasteiger partial charge in [0.2, 0.25) is 29.4 Å². The number of hydrogen-bond donors (Lipinski definition) is 4. The van der Waals surface area contributed by atoms with Crippen molar-refractivity contribution in [1.29, 1.82) is 0 Å². The number of amides is 4. The molecule has 23 nitrogen and oxygen atoms in total. The smallest absolute Gasteiger partial charge is 0.267 e. The topological polar surface area (TPSA) is 284 Å². The van der Waals surface area contributed by atoms with E-state index in [1.54, 1.807) is 73.6 Å². The number of benzene rings is 9. The molecule has 4 amide bonds. The molecule has 9 aromatic rings. The van der Waals surface area contributed by atoms with E-state index in [1.807, 2.05) is 53.3 Å². The van der Waals surface area contributed by atoms with Gasteiger partial charge in [0.25, 0.3) is 30.1 Å². The van der Waals surface area contributed by atoms with Crippen molar-refractivity contribution in [3.8, 4) is 34.5 Å². The minimum absolute atomic E-state index is 0.0346. The van der Waals surface area contributed by atoms with Crippen LogP contribution in [0.3, 0.4) is 0 Å². The number of nitrogens with zero attached hydrogens (tertiary/aromatic N) is 3. The number of ether oxygens (including phenoxy) is 6. The highest BCUT2D eigenvalue weighted by Crippen LogP contribution is 2.44. The van der Waals surface area contributed by atoms with E-state index in [2.05, 4.69) is 14.8 Å². The summed E-state index contributed by atoms with van der Waals surface area (Å²) in [5.41, 5.74) is 4.83. The third kappa shape index (κ3) is 19.9. The number of anilines is 7. The lowest BCUT2D eigenvalue weighted by molar-refractivity contribution is -0.118. The van der Waals surface area contributed by atoms with Gasteiger partial charge < -0.3 is 48.4 Å². The van der Waals surface area contributed by atoms with Crippen molar-refractivity contribution >= 4 is 93.5 Å². The summed E-state index contributed by atoms with van der Waals surface area (Å²) in [5.74, 6) is -11.8. The Morgan fingerprint density at radius 2 is 0.672 bits per heavy atom. The van der Waals surface area contributed by atoms with E-state index >= 15 is 0 Å². The van der Waals surface area contributed by atoms with Gasteiger partial charge >= 0.3 is 0 Å². The standard InChI is InChI=1S/C30H33N3O6S.C28H25F5N2O5S.C28H28F2N2O5S/c1-20(34)31-23-11-13-27(14-12-23)40(36,37)32-24-6-5-7-25(18-24)33-19-22(17-30(33)35)21-10-15-28(38-2)29(16-21)39-26-8-3-4-9-26;1-39-20-10-9-15(11-21(20)40-19-7-2-3-8-19)16-12-22(36)35(14-16)18-6-4-5-17(13-18)34-41(37,38)28-26(32)24(30)23(29)25(31)27(28)33;1-36-25-13-12-18(14-26(25)37-22-8-2-3-9-22)19-15-27(33)32(17-19)21-7-4-6-20(16-21)31-38(34,35)28-23(29)10-5-11-24(28)30/h5-7,10-16,18,22,26,32H,3-4,8-9,17,19H2,1-2H3,(H,31,34);4-6,9-11,13,16,19,34H,2-3,7-8,12,14H2,1H3;4-7,10-14,16,19,22,31H,2-3,8-9,15,17H2,1H3. The fourth-order valence-electron chi connectivity index (χ4n) is 15.5. The van der Waals surface area contributed by atoms with Gasteiger partial charge in [0.05, 0.1) is 61.6 Å². The van der Waals surface area contributed by atoms with Gasteiger partial charge in [-0.1, -0.05) is 42.5 Å². The molecule has 33 heteroatoms. The Balaban J connectivity index is 0.000000155. The molecular formula is C86H86F7N7O16S3. The number of methoxy groups -OCH3 is 3. The van der Waals surface area contributed by atoms with Crippen LogP contribution in [-0.4, -0.2) is 108 Å². The van der Waals surface area contributed by atoms with E-state index in [0.717, 1.165) is 99.1 Å². The lowest BCUT2D eigenvalue weighted by Crippen LogP contribution is -2.24. The summed E-state index contributed by atoms with van der Waals surface area (Å²) in [6.45, 7) is 2.47. The monoisotopic (exact) mass is 1700 g/mol. The number of rotatable bonds is 25. The maximum atomic E-state index is 14.2. The molecule has 6 fully saturated rings. The summed E-state index contributed by atoms with van der Waals surface area (Å²) < 4.78 is 215. The Labute approximate surface area is 684 Å². The van der Waals surface area contributed by atoms with Crippen LogP contribution in [0.25, 0.3) is 0 Å². The maximum Gasteiger partial charge on any atom is 0.267 e. The molecule has 119 heavy (non-hydrogen) atoms. The Kier molecular flexibility index (Phi) is 26.3. The van der Waals surface area contributed by atoms with Crippen LogP contribution in [0.2, 0.25) is 0 Å². The summed E-state index contributed by atoms with van der Waals surface area (Å²) in [5, 5.41) is 2.61. The van der Waals surface area contributed by atoms with Gasteiger partial charge in [-0.3, -0.25) is 33.3 Å². The van der Waals surface area contributed by atoms with Gasteiger partial charge in [-0.25, -0.2) is 56.0 Å². The molecule has 0 radical (unpaired) electrons. The van der Waals surface area contributed by atoms with Crippen LogP contribution in [-0.2, 0) is 49.2 Å². The van der Waals surface area contributed by atoms with E-state index in [1.165, 1.54) is 85.3 Å². The molecule has 0 aromatic heterocycles. The third-order valence-corrected chi connectivity index (χ3v) is 25.7. The quantitative estimate of drug-likeness (QED) is 0.0235. The van der Waals surface area contributed by atoms with E-state index in [-0.39, 0.29) is 101 Å². The first kappa shape index (κ1) is 85.3. The molecule has 0 spiro atoms. The summed E-state index contributed by atoms with van der Waals surface area (Å²) in [6.07, 6.45) is 14.0. The summed E-state index contributed by atoms with van der Waals surface area (Å²) in [4.78, 5) is 51.9. The fourth-order valence-corrected chi connectivity index (χ4v) is 19.0. The number of carbonyl (C=O) groups excluding carboxylic acids is 4. The minimum Gasteiger partial charge on any atom is -0.493 e. The number of sulfonamides is 3. The molecule has 3 aliphatic heterocycles. The molecule has 3 heterocycles. The van der Waals surface area contributed by atoms with Crippen molar-refractivity contribution in [2.75, 3.05) is 75.1 Å². The van der Waals surface area contributed by atoms with E-state index in [9.17, 15) is 75.2 Å². The normalized spacial score (nSPS) is 17.8. The molecule has 6 aliphatic rings. The number of nitrogens with one attached hydrogen (secondary N) is 4. The van der Waals surface area contributed by atoms with E-state index in [4.69, 9.17) is 28.4 Å². The molecule has 0 bridgehead atoms. The van der Waals surface area contributed by atoms with Crippen molar-refractivity contribution in [3.05, 3.63) is 227 Å². The Morgan fingerprint density at radius 1 is 0.361 bits per heavy atom. The molecule has 3 aliphatic carbocycles. The molecular weight excluding hydrogens is 1620 g/mol. The van der Waals surface area contributed by atoms with Crippen molar-refractivity contribution < 1.29 is 104 Å². The van der Waals surface area contributed by atoms with Crippen molar-refractivity contribution in [3.63, 3.8) is 0 Å². The van der Waals surface area contributed by atoms with Gasteiger partial charge in [0.1, 0.15) is 11.6 Å².